The lowest BCUT2D eigenvalue weighted by molar-refractivity contribution is -0.0995. The van der Waals surface area contributed by atoms with Crippen molar-refractivity contribution in [1.29, 1.82) is 0 Å². The fourth-order valence-electron chi connectivity index (χ4n) is 1.91. The average molecular weight is 281 g/mol. The van der Waals surface area contributed by atoms with Crippen LogP contribution in [0, 0.1) is 0 Å². The lowest BCUT2D eigenvalue weighted by Gasteiger charge is -2.20. The van der Waals surface area contributed by atoms with Gasteiger partial charge in [0.15, 0.2) is 6.29 Å². The van der Waals surface area contributed by atoms with Crippen LogP contribution >= 0.6 is 11.3 Å². The number of methoxy groups -OCH3 is 2. The molecule has 2 rings (SSSR count). The molecule has 0 aliphatic rings. The standard InChI is InChI=1S/C13H19N3O2S/c1-16-7-6-14-13(16)12(10-5-4-8-19-10)15-9-11(17-2)18-3/h4-8,11-12,15H,9H2,1-3H3. The molecule has 0 fully saturated rings. The van der Waals surface area contributed by atoms with E-state index in [0.717, 1.165) is 5.82 Å². The van der Waals surface area contributed by atoms with E-state index < -0.39 is 0 Å². The fourth-order valence-corrected chi connectivity index (χ4v) is 2.70. The Hall–Kier alpha value is -1.21. The van der Waals surface area contributed by atoms with Crippen LogP contribution < -0.4 is 5.32 Å². The Morgan fingerprint density at radius 1 is 1.42 bits per heavy atom. The van der Waals surface area contributed by atoms with E-state index in [2.05, 4.69) is 21.7 Å². The first-order chi connectivity index (χ1) is 9.26. The topological polar surface area (TPSA) is 48.3 Å². The smallest absolute Gasteiger partial charge is 0.169 e. The third-order valence-electron chi connectivity index (χ3n) is 2.96. The molecule has 104 valence electrons. The lowest BCUT2D eigenvalue weighted by Crippen LogP contribution is -2.34. The van der Waals surface area contributed by atoms with Crippen LogP contribution in [0.3, 0.4) is 0 Å². The summed E-state index contributed by atoms with van der Waals surface area (Å²) in [5.74, 6) is 0.980. The molecule has 0 bridgehead atoms. The van der Waals surface area contributed by atoms with Crippen LogP contribution in [0.15, 0.2) is 29.9 Å². The second-order valence-electron chi connectivity index (χ2n) is 4.15. The first-order valence-corrected chi connectivity index (χ1v) is 6.93. The predicted octanol–water partition coefficient (Wildman–Crippen LogP) is 1.78. The van der Waals surface area contributed by atoms with Crippen molar-refractivity contribution in [3.63, 3.8) is 0 Å². The van der Waals surface area contributed by atoms with Gasteiger partial charge in [0.05, 0.1) is 0 Å². The van der Waals surface area contributed by atoms with Crippen LogP contribution in [0.1, 0.15) is 16.7 Å². The quantitative estimate of drug-likeness (QED) is 0.786. The molecule has 0 radical (unpaired) electrons. The van der Waals surface area contributed by atoms with E-state index in [1.807, 2.05) is 30.1 Å². The Labute approximate surface area is 117 Å². The molecule has 1 atom stereocenters. The van der Waals surface area contributed by atoms with Gasteiger partial charge < -0.3 is 14.0 Å². The third kappa shape index (κ3) is 3.42. The number of nitrogens with zero attached hydrogens (tertiary/aromatic N) is 2. The van der Waals surface area contributed by atoms with E-state index >= 15 is 0 Å². The maximum atomic E-state index is 5.21. The summed E-state index contributed by atoms with van der Waals surface area (Å²) in [4.78, 5) is 5.65. The molecule has 2 heterocycles. The highest BCUT2D eigenvalue weighted by Gasteiger charge is 2.20. The van der Waals surface area contributed by atoms with E-state index in [1.165, 1.54) is 4.88 Å². The molecule has 6 heteroatoms. The number of hydrogen-bond acceptors (Lipinski definition) is 5. The number of aryl methyl sites for hydroxylation is 1. The van der Waals surface area contributed by atoms with Crippen molar-refractivity contribution in [2.45, 2.75) is 12.3 Å². The van der Waals surface area contributed by atoms with E-state index in [0.29, 0.717) is 6.54 Å². The van der Waals surface area contributed by atoms with Gasteiger partial charge in [-0.15, -0.1) is 11.3 Å². The van der Waals surface area contributed by atoms with Gasteiger partial charge in [-0.3, -0.25) is 5.32 Å². The highest BCUT2D eigenvalue weighted by molar-refractivity contribution is 7.10. The third-order valence-corrected chi connectivity index (χ3v) is 3.90. The van der Waals surface area contributed by atoms with Crippen LogP contribution in [-0.4, -0.2) is 36.6 Å². The Kier molecular flexibility index (Phi) is 5.09. The van der Waals surface area contributed by atoms with Crippen molar-refractivity contribution in [3.05, 3.63) is 40.6 Å². The summed E-state index contributed by atoms with van der Waals surface area (Å²) in [5, 5.41) is 5.51. The van der Waals surface area contributed by atoms with Crippen molar-refractivity contribution in [3.8, 4) is 0 Å². The zero-order chi connectivity index (χ0) is 13.7. The van der Waals surface area contributed by atoms with E-state index in [1.54, 1.807) is 25.6 Å². The van der Waals surface area contributed by atoms with Gasteiger partial charge in [0.1, 0.15) is 11.9 Å². The second-order valence-corrected chi connectivity index (χ2v) is 5.13. The Bertz CT molecular complexity index is 480. The largest absolute Gasteiger partial charge is 0.355 e. The van der Waals surface area contributed by atoms with Crippen molar-refractivity contribution in [2.24, 2.45) is 7.05 Å². The SMILES string of the molecule is COC(CNC(c1cccs1)c1nccn1C)OC. The molecule has 0 saturated heterocycles. The van der Waals surface area contributed by atoms with Gasteiger partial charge in [-0.2, -0.15) is 0 Å². The molecule has 0 aliphatic carbocycles. The van der Waals surface area contributed by atoms with Crippen molar-refractivity contribution >= 4 is 11.3 Å². The first-order valence-electron chi connectivity index (χ1n) is 6.06. The maximum absolute atomic E-state index is 5.21. The van der Waals surface area contributed by atoms with Gasteiger partial charge in [0.2, 0.25) is 0 Å². The van der Waals surface area contributed by atoms with Gasteiger partial charge >= 0.3 is 0 Å². The summed E-state index contributed by atoms with van der Waals surface area (Å²) in [7, 11) is 5.27. The summed E-state index contributed by atoms with van der Waals surface area (Å²) in [5.41, 5.74) is 0. The van der Waals surface area contributed by atoms with Gasteiger partial charge in [0, 0.05) is 45.1 Å². The van der Waals surface area contributed by atoms with Crippen LogP contribution in [0.25, 0.3) is 0 Å². The molecule has 1 unspecified atom stereocenters. The Morgan fingerprint density at radius 3 is 2.74 bits per heavy atom. The van der Waals surface area contributed by atoms with Gasteiger partial charge in [-0.1, -0.05) is 6.07 Å². The van der Waals surface area contributed by atoms with E-state index in [4.69, 9.17) is 9.47 Å². The molecule has 0 saturated carbocycles. The predicted molar refractivity (Wildman–Crippen MR) is 75.2 cm³/mol. The molecule has 0 spiro atoms. The van der Waals surface area contributed by atoms with Gasteiger partial charge in [-0.25, -0.2) is 4.98 Å². The Balaban J connectivity index is 2.14. The number of imidazole rings is 1. The molecular formula is C13H19N3O2S. The normalized spacial score (nSPS) is 13.1. The number of ether oxygens (including phenoxy) is 2. The molecule has 2 aromatic rings. The fraction of sp³-hybridized carbons (Fsp3) is 0.462. The summed E-state index contributed by atoms with van der Waals surface area (Å²) < 4.78 is 12.4. The van der Waals surface area contributed by atoms with Crippen LogP contribution in [0.5, 0.6) is 0 Å². The summed E-state index contributed by atoms with van der Waals surface area (Å²) in [6, 6.07) is 4.20. The number of thiophene rings is 1. The summed E-state index contributed by atoms with van der Waals surface area (Å²) >= 11 is 1.71. The van der Waals surface area contributed by atoms with Crippen LogP contribution in [0.2, 0.25) is 0 Å². The van der Waals surface area contributed by atoms with Crippen molar-refractivity contribution in [1.82, 2.24) is 14.9 Å². The molecule has 1 N–H and O–H groups in total. The summed E-state index contributed by atoms with van der Waals surface area (Å²) in [6.07, 6.45) is 3.49. The maximum Gasteiger partial charge on any atom is 0.169 e. The molecule has 0 aromatic carbocycles. The van der Waals surface area contributed by atoms with Crippen LogP contribution in [-0.2, 0) is 16.5 Å². The minimum absolute atomic E-state index is 0.0489. The highest BCUT2D eigenvalue weighted by atomic mass is 32.1. The van der Waals surface area contributed by atoms with E-state index in [-0.39, 0.29) is 12.3 Å². The summed E-state index contributed by atoms with van der Waals surface area (Å²) in [6.45, 7) is 0.600. The monoisotopic (exact) mass is 281 g/mol. The Morgan fingerprint density at radius 2 is 2.21 bits per heavy atom. The number of nitrogens with one attached hydrogen (secondary N) is 1. The highest BCUT2D eigenvalue weighted by Crippen LogP contribution is 2.24. The zero-order valence-corrected chi connectivity index (χ0v) is 12.2. The minimum atomic E-state index is -0.261. The molecule has 0 amide bonds. The zero-order valence-electron chi connectivity index (χ0n) is 11.4. The molecular weight excluding hydrogens is 262 g/mol. The van der Waals surface area contributed by atoms with Gasteiger partial charge in [-0.05, 0) is 11.4 Å². The molecule has 2 aromatic heterocycles. The van der Waals surface area contributed by atoms with Crippen molar-refractivity contribution in [2.75, 3.05) is 20.8 Å². The minimum Gasteiger partial charge on any atom is -0.355 e. The first kappa shape index (κ1) is 14.2. The van der Waals surface area contributed by atoms with Crippen molar-refractivity contribution < 1.29 is 9.47 Å². The number of aromatic nitrogens is 2. The van der Waals surface area contributed by atoms with Crippen LogP contribution in [0.4, 0.5) is 0 Å². The number of hydrogen-bond donors (Lipinski definition) is 1. The number of rotatable bonds is 7. The van der Waals surface area contributed by atoms with E-state index in [9.17, 15) is 0 Å². The molecule has 5 nitrogen and oxygen atoms in total. The van der Waals surface area contributed by atoms with Gasteiger partial charge in [0.25, 0.3) is 0 Å². The second kappa shape index (κ2) is 6.81. The average Bonchev–Trinajstić information content (AvgIpc) is 3.07. The molecule has 0 aliphatic heterocycles. The lowest BCUT2D eigenvalue weighted by atomic mass is 10.2. The molecule has 19 heavy (non-hydrogen) atoms.